The topological polar surface area (TPSA) is 58.4 Å². The molecule has 1 aliphatic heterocycles. The zero-order valence-corrected chi connectivity index (χ0v) is 13.1. The number of carbonyl (C=O) groups excluding carboxylic acids is 1. The highest BCUT2D eigenvalue weighted by Crippen LogP contribution is 2.17. The van der Waals surface area contributed by atoms with Crippen LogP contribution in [0.2, 0.25) is 0 Å². The van der Waals surface area contributed by atoms with Crippen LogP contribution in [0.3, 0.4) is 0 Å². The number of nitrogens with zero attached hydrogens (tertiary/aromatic N) is 1. The van der Waals surface area contributed by atoms with Crippen molar-refractivity contribution in [3.8, 4) is 0 Å². The first-order chi connectivity index (χ1) is 10.1. The van der Waals surface area contributed by atoms with Gasteiger partial charge in [0.05, 0.1) is 6.04 Å². The molecule has 3 N–H and O–H groups in total. The molecule has 1 aromatic carbocycles. The van der Waals surface area contributed by atoms with Crippen molar-refractivity contribution in [1.29, 1.82) is 0 Å². The van der Waals surface area contributed by atoms with Crippen LogP contribution < -0.4 is 11.1 Å². The molecule has 1 aliphatic rings. The summed E-state index contributed by atoms with van der Waals surface area (Å²) in [6, 6.07) is 8.20. The van der Waals surface area contributed by atoms with Gasteiger partial charge in [0.2, 0.25) is 5.91 Å². The van der Waals surface area contributed by atoms with Gasteiger partial charge < -0.3 is 11.1 Å². The molecule has 1 aromatic rings. The average molecular weight is 289 g/mol. The van der Waals surface area contributed by atoms with E-state index in [4.69, 9.17) is 5.73 Å². The van der Waals surface area contributed by atoms with Crippen LogP contribution in [-0.2, 0) is 17.8 Å². The molecule has 0 spiro atoms. The number of carbonyl (C=O) groups is 1. The second-order valence-corrected chi connectivity index (χ2v) is 6.00. The Balaban J connectivity index is 1.74. The number of nitrogens with one attached hydrogen (secondary N) is 1. The van der Waals surface area contributed by atoms with Crippen molar-refractivity contribution in [3.63, 3.8) is 0 Å². The van der Waals surface area contributed by atoms with Gasteiger partial charge in [-0.3, -0.25) is 9.69 Å². The van der Waals surface area contributed by atoms with E-state index in [0.29, 0.717) is 6.54 Å². The Kier molecular flexibility index (Phi) is 5.76. The summed E-state index contributed by atoms with van der Waals surface area (Å²) < 4.78 is 0. The predicted octanol–water partition coefficient (Wildman–Crippen LogP) is 1.53. The lowest BCUT2D eigenvalue weighted by atomic mass is 9.99. The predicted molar refractivity (Wildman–Crippen MR) is 85.9 cm³/mol. The van der Waals surface area contributed by atoms with E-state index in [1.807, 2.05) is 6.92 Å². The smallest absolute Gasteiger partial charge is 0.237 e. The highest BCUT2D eigenvalue weighted by molar-refractivity contribution is 5.81. The minimum Gasteiger partial charge on any atom is -0.353 e. The second kappa shape index (κ2) is 7.57. The molecular formula is C17H27N3O. The molecule has 2 unspecified atom stereocenters. The van der Waals surface area contributed by atoms with Crippen LogP contribution >= 0.6 is 0 Å². The van der Waals surface area contributed by atoms with Crippen LogP contribution in [0.15, 0.2) is 24.3 Å². The van der Waals surface area contributed by atoms with Gasteiger partial charge in [-0.2, -0.15) is 0 Å². The van der Waals surface area contributed by atoms with Crippen molar-refractivity contribution >= 4 is 5.91 Å². The number of fused-ring (bicyclic) bond motifs is 1. The molecule has 2 atom stereocenters. The summed E-state index contributed by atoms with van der Waals surface area (Å²) in [6.07, 6.45) is 2.02. The first-order valence-electron chi connectivity index (χ1n) is 7.94. The summed E-state index contributed by atoms with van der Waals surface area (Å²) in [7, 11) is 0. The van der Waals surface area contributed by atoms with Gasteiger partial charge in [-0.25, -0.2) is 0 Å². The maximum absolute atomic E-state index is 11.9. The zero-order valence-electron chi connectivity index (χ0n) is 13.1. The molecule has 116 valence electrons. The SMILES string of the molecule is CCC(C)C(N)C(=O)NCCN1CCc2ccccc2C1. The third-order valence-electron chi connectivity index (χ3n) is 4.50. The number of nitrogens with two attached hydrogens (primary N) is 1. The third kappa shape index (κ3) is 4.29. The summed E-state index contributed by atoms with van der Waals surface area (Å²) in [6.45, 7) is 7.67. The van der Waals surface area contributed by atoms with Gasteiger partial charge >= 0.3 is 0 Å². The quantitative estimate of drug-likeness (QED) is 0.835. The molecule has 0 aliphatic carbocycles. The Labute approximate surface area is 127 Å². The van der Waals surface area contributed by atoms with Crippen molar-refractivity contribution in [2.75, 3.05) is 19.6 Å². The molecule has 0 radical (unpaired) electrons. The lowest BCUT2D eigenvalue weighted by molar-refractivity contribution is -0.123. The number of benzene rings is 1. The molecule has 4 heteroatoms. The fraction of sp³-hybridized carbons (Fsp3) is 0.588. The number of hydrogen-bond acceptors (Lipinski definition) is 3. The molecule has 0 saturated carbocycles. The minimum atomic E-state index is -0.392. The van der Waals surface area contributed by atoms with Gasteiger partial charge in [0.25, 0.3) is 0 Å². The van der Waals surface area contributed by atoms with Gasteiger partial charge in [0, 0.05) is 26.2 Å². The van der Waals surface area contributed by atoms with E-state index in [1.54, 1.807) is 0 Å². The van der Waals surface area contributed by atoms with E-state index in [0.717, 1.165) is 32.5 Å². The molecule has 2 rings (SSSR count). The van der Waals surface area contributed by atoms with Crippen LogP contribution in [-0.4, -0.2) is 36.5 Å². The molecule has 4 nitrogen and oxygen atoms in total. The van der Waals surface area contributed by atoms with Crippen molar-refractivity contribution in [2.24, 2.45) is 11.7 Å². The van der Waals surface area contributed by atoms with Crippen LogP contribution in [0, 0.1) is 5.92 Å². The summed E-state index contributed by atoms with van der Waals surface area (Å²) >= 11 is 0. The van der Waals surface area contributed by atoms with E-state index in [9.17, 15) is 4.79 Å². The van der Waals surface area contributed by atoms with E-state index in [2.05, 4.69) is 41.4 Å². The maximum Gasteiger partial charge on any atom is 0.237 e. The van der Waals surface area contributed by atoms with E-state index >= 15 is 0 Å². The zero-order chi connectivity index (χ0) is 15.2. The molecular weight excluding hydrogens is 262 g/mol. The van der Waals surface area contributed by atoms with Gasteiger partial charge in [0.15, 0.2) is 0 Å². The van der Waals surface area contributed by atoms with E-state index in [-0.39, 0.29) is 11.8 Å². The Morgan fingerprint density at radius 2 is 2.10 bits per heavy atom. The summed E-state index contributed by atoms with van der Waals surface area (Å²) in [4.78, 5) is 14.3. The molecule has 1 amide bonds. The van der Waals surface area contributed by atoms with Crippen LogP contribution in [0.5, 0.6) is 0 Å². The largest absolute Gasteiger partial charge is 0.353 e. The average Bonchev–Trinajstić information content (AvgIpc) is 2.53. The standard InChI is InChI=1S/C17H27N3O/c1-3-13(2)16(18)17(21)19-9-11-20-10-8-14-6-4-5-7-15(14)12-20/h4-7,13,16H,3,8-12,18H2,1-2H3,(H,19,21). The number of amides is 1. The monoisotopic (exact) mass is 289 g/mol. The first-order valence-corrected chi connectivity index (χ1v) is 7.94. The molecule has 1 heterocycles. The van der Waals surface area contributed by atoms with E-state index in [1.165, 1.54) is 11.1 Å². The molecule has 0 fully saturated rings. The van der Waals surface area contributed by atoms with Crippen LogP contribution in [0.25, 0.3) is 0 Å². The van der Waals surface area contributed by atoms with Gasteiger partial charge in [0.1, 0.15) is 0 Å². The number of hydrogen-bond donors (Lipinski definition) is 2. The molecule has 0 saturated heterocycles. The summed E-state index contributed by atoms with van der Waals surface area (Å²) in [5.74, 6) is 0.202. The van der Waals surface area contributed by atoms with E-state index < -0.39 is 6.04 Å². The highest BCUT2D eigenvalue weighted by Gasteiger charge is 2.20. The fourth-order valence-corrected chi connectivity index (χ4v) is 2.71. The lowest BCUT2D eigenvalue weighted by Gasteiger charge is -2.29. The third-order valence-corrected chi connectivity index (χ3v) is 4.50. The Morgan fingerprint density at radius 1 is 1.38 bits per heavy atom. The van der Waals surface area contributed by atoms with Crippen LogP contribution in [0.1, 0.15) is 31.4 Å². The number of rotatable bonds is 6. The molecule has 21 heavy (non-hydrogen) atoms. The fourth-order valence-electron chi connectivity index (χ4n) is 2.71. The Hall–Kier alpha value is -1.39. The minimum absolute atomic E-state index is 0.0261. The highest BCUT2D eigenvalue weighted by atomic mass is 16.2. The molecule has 0 bridgehead atoms. The van der Waals surface area contributed by atoms with Crippen molar-refractivity contribution in [1.82, 2.24) is 10.2 Å². The lowest BCUT2D eigenvalue weighted by Crippen LogP contribution is -2.47. The van der Waals surface area contributed by atoms with Crippen LogP contribution in [0.4, 0.5) is 0 Å². The summed E-state index contributed by atoms with van der Waals surface area (Å²) in [5.41, 5.74) is 8.79. The van der Waals surface area contributed by atoms with Crippen molar-refractivity contribution < 1.29 is 4.79 Å². The molecule has 0 aromatic heterocycles. The summed E-state index contributed by atoms with van der Waals surface area (Å²) in [5, 5.41) is 2.96. The van der Waals surface area contributed by atoms with Crippen molar-refractivity contribution in [2.45, 2.75) is 39.3 Å². The van der Waals surface area contributed by atoms with Gasteiger partial charge in [-0.05, 0) is 23.5 Å². The van der Waals surface area contributed by atoms with Gasteiger partial charge in [-0.15, -0.1) is 0 Å². The maximum atomic E-state index is 11.9. The normalized spacial score (nSPS) is 17.9. The Morgan fingerprint density at radius 3 is 2.81 bits per heavy atom. The van der Waals surface area contributed by atoms with Crippen molar-refractivity contribution in [3.05, 3.63) is 35.4 Å². The first kappa shape index (κ1) is 16.0. The second-order valence-electron chi connectivity index (χ2n) is 6.00. The Bertz CT molecular complexity index is 475. The van der Waals surface area contributed by atoms with Gasteiger partial charge in [-0.1, -0.05) is 44.5 Å².